The van der Waals surface area contributed by atoms with Crippen LogP contribution in [0.2, 0.25) is 0 Å². The van der Waals surface area contributed by atoms with Gasteiger partial charge in [-0.2, -0.15) is 9.46 Å². The first-order chi connectivity index (χ1) is 9.31. The highest BCUT2D eigenvalue weighted by Gasteiger charge is 2.52. The molecule has 110 valence electrons. The Morgan fingerprint density at radius 3 is 1.80 bits per heavy atom. The summed E-state index contributed by atoms with van der Waals surface area (Å²) in [7, 11) is -10.3. The second-order valence-electron chi connectivity index (χ2n) is 3.45. The summed E-state index contributed by atoms with van der Waals surface area (Å²) in [4.78, 5) is 24.8. The van der Waals surface area contributed by atoms with Crippen LogP contribution in [0, 0.1) is 0 Å². The summed E-state index contributed by atoms with van der Waals surface area (Å²) in [5, 5.41) is 0. The van der Waals surface area contributed by atoms with Crippen molar-refractivity contribution in [1.82, 2.24) is 19.4 Å². The van der Waals surface area contributed by atoms with Gasteiger partial charge in [0.2, 0.25) is 0 Å². The Labute approximate surface area is 111 Å². The molecule has 0 aliphatic heterocycles. The van der Waals surface area contributed by atoms with E-state index in [0.29, 0.717) is 9.46 Å². The Bertz CT molecular complexity index is 600. The van der Waals surface area contributed by atoms with Crippen LogP contribution in [0.1, 0.15) is 0 Å². The molecular weight excluding hydrogens is 317 g/mol. The van der Waals surface area contributed by atoms with Gasteiger partial charge in [-0.15, -0.1) is 0 Å². The maximum absolute atomic E-state index is 13.8. The molecule has 20 heavy (non-hydrogen) atoms. The van der Waals surface area contributed by atoms with Gasteiger partial charge in [0, 0.05) is 12.4 Å². The van der Waals surface area contributed by atoms with E-state index in [4.69, 9.17) is 9.79 Å². The third-order valence-electron chi connectivity index (χ3n) is 1.91. The molecule has 2 N–H and O–H groups in total. The Hall–Kier alpha value is -1.67. The molecule has 10 nitrogen and oxygen atoms in total. The largest absolute Gasteiger partial charge is 0.514 e. The Balaban J connectivity index is 2.32. The zero-order chi connectivity index (χ0) is 14.8. The number of aromatic nitrogens is 4. The van der Waals surface area contributed by atoms with E-state index in [0.717, 1.165) is 25.0 Å². The minimum absolute atomic E-state index is 0.708. The average molecular weight is 326 g/mol. The third-order valence-corrected chi connectivity index (χ3v) is 5.58. The number of rotatable bonds is 6. The highest BCUT2D eigenvalue weighted by molar-refractivity contribution is 7.71. The predicted octanol–water partition coefficient (Wildman–Crippen LogP) is 0.261. The zero-order valence-corrected chi connectivity index (χ0v) is 11.4. The molecule has 0 bridgehead atoms. The summed E-state index contributed by atoms with van der Waals surface area (Å²) in [6.45, 7) is 0. The number of hydrogen-bond acceptors (Lipinski definition) is 6. The lowest BCUT2D eigenvalue weighted by atomic mass is 11.0. The molecule has 13 heteroatoms. The molecular formula is C7H9FN4O6P2. The minimum atomic E-state index is -5.36. The van der Waals surface area contributed by atoms with Gasteiger partial charge in [0.15, 0.2) is 0 Å². The van der Waals surface area contributed by atoms with Crippen LogP contribution >= 0.6 is 15.2 Å². The number of halogens is 1. The smallest absolute Gasteiger partial charge is 0.322 e. The fourth-order valence-electron chi connectivity index (χ4n) is 1.13. The second-order valence-corrected chi connectivity index (χ2v) is 7.35. The fraction of sp³-hybridized carbons (Fsp3) is 0.143. The molecule has 0 aliphatic rings. The summed E-state index contributed by atoms with van der Waals surface area (Å²) in [6, 6.07) is 0. The summed E-state index contributed by atoms with van der Waals surface area (Å²) in [5.74, 6) is 0. The highest BCUT2D eigenvalue weighted by atomic mass is 31.2. The van der Waals surface area contributed by atoms with Gasteiger partial charge in [0.25, 0.3) is 0 Å². The average Bonchev–Trinajstić information content (AvgIpc) is 3.00. The first-order valence-corrected chi connectivity index (χ1v) is 8.26. The van der Waals surface area contributed by atoms with Gasteiger partial charge >= 0.3 is 20.8 Å². The Morgan fingerprint density at radius 2 is 1.50 bits per heavy atom. The fourth-order valence-corrected chi connectivity index (χ4v) is 3.76. The first kappa shape index (κ1) is 14.7. The van der Waals surface area contributed by atoms with Crippen LogP contribution in [0.4, 0.5) is 4.39 Å². The number of alkyl halides is 1. The molecule has 1 atom stereocenters. The van der Waals surface area contributed by atoms with Crippen molar-refractivity contribution in [3.05, 3.63) is 37.4 Å². The summed E-state index contributed by atoms with van der Waals surface area (Å²) in [6.07, 6.45) is 6.78. The molecule has 2 aromatic rings. The molecule has 2 heterocycles. The number of nitrogens with zero attached hydrogens (tertiary/aromatic N) is 4. The minimum Gasteiger partial charge on any atom is -0.322 e. The van der Waals surface area contributed by atoms with Crippen LogP contribution in [0.15, 0.2) is 37.4 Å². The Morgan fingerprint density at radius 1 is 1.05 bits per heavy atom. The van der Waals surface area contributed by atoms with Crippen molar-refractivity contribution in [1.29, 1.82) is 0 Å². The van der Waals surface area contributed by atoms with Crippen molar-refractivity contribution in [2.45, 2.75) is 5.65 Å². The highest BCUT2D eigenvalue weighted by Crippen LogP contribution is 2.62. The first-order valence-electron chi connectivity index (χ1n) is 4.96. The molecule has 0 amide bonds. The quantitative estimate of drug-likeness (QED) is 0.723. The van der Waals surface area contributed by atoms with Crippen LogP contribution in [-0.2, 0) is 9.13 Å². The molecule has 1 unspecified atom stereocenters. The van der Waals surface area contributed by atoms with Crippen LogP contribution in [0.3, 0.4) is 0 Å². The van der Waals surface area contributed by atoms with Crippen molar-refractivity contribution < 1.29 is 32.6 Å². The molecule has 0 aromatic carbocycles. The zero-order valence-electron chi connectivity index (χ0n) is 9.63. The monoisotopic (exact) mass is 326 g/mol. The Kier molecular flexibility index (Phi) is 3.96. The van der Waals surface area contributed by atoms with Gasteiger partial charge in [-0.1, -0.05) is 0 Å². The lowest BCUT2D eigenvalue weighted by Gasteiger charge is -2.21. The summed E-state index contributed by atoms with van der Waals surface area (Å²) >= 11 is 0. The molecule has 2 aromatic heterocycles. The van der Waals surface area contributed by atoms with E-state index in [-0.39, 0.29) is 0 Å². The molecule has 2 rings (SSSR count). The van der Waals surface area contributed by atoms with E-state index in [9.17, 15) is 13.5 Å². The molecule has 0 saturated carbocycles. The van der Waals surface area contributed by atoms with Gasteiger partial charge < -0.3 is 19.0 Å². The van der Waals surface area contributed by atoms with E-state index in [2.05, 4.69) is 19.2 Å². The van der Waals surface area contributed by atoms with Crippen LogP contribution in [0.5, 0.6) is 0 Å². The van der Waals surface area contributed by atoms with Gasteiger partial charge in [-0.25, -0.2) is 18.9 Å². The topological polar surface area (TPSA) is 129 Å². The van der Waals surface area contributed by atoms with Gasteiger partial charge in [-0.3, -0.25) is 4.57 Å². The molecule has 0 radical (unpaired) electrons. The van der Waals surface area contributed by atoms with E-state index < -0.39 is 20.8 Å². The van der Waals surface area contributed by atoms with Gasteiger partial charge in [-0.05, 0) is 0 Å². The standard InChI is InChI=1S/C7H9FN4O6P2/c8-7(19(13,14)15)20(16,17-11-3-1-9-5-11)18-12-4-2-10-6-12/h1-7H,(H2,13,14,15). The van der Waals surface area contributed by atoms with Gasteiger partial charge in [0.1, 0.15) is 12.7 Å². The maximum Gasteiger partial charge on any atom is 0.514 e. The van der Waals surface area contributed by atoms with Crippen molar-refractivity contribution in [2.24, 2.45) is 0 Å². The lowest BCUT2D eigenvalue weighted by Crippen LogP contribution is -2.23. The van der Waals surface area contributed by atoms with Gasteiger partial charge in [0.05, 0.1) is 12.4 Å². The molecule has 0 fully saturated rings. The van der Waals surface area contributed by atoms with Crippen molar-refractivity contribution in [2.75, 3.05) is 0 Å². The van der Waals surface area contributed by atoms with Crippen LogP contribution in [-0.4, -0.2) is 34.9 Å². The second kappa shape index (κ2) is 5.37. The molecule has 0 saturated heterocycles. The van der Waals surface area contributed by atoms with E-state index in [1.54, 1.807) is 0 Å². The van der Waals surface area contributed by atoms with Crippen molar-refractivity contribution in [3.8, 4) is 0 Å². The van der Waals surface area contributed by atoms with E-state index in [1.807, 2.05) is 0 Å². The normalized spacial score (nSPS) is 13.9. The van der Waals surface area contributed by atoms with Crippen molar-refractivity contribution >= 4 is 15.2 Å². The predicted molar refractivity (Wildman–Crippen MR) is 62.2 cm³/mol. The summed E-state index contributed by atoms with van der Waals surface area (Å²) in [5.41, 5.74) is -3.17. The van der Waals surface area contributed by atoms with E-state index >= 15 is 0 Å². The third kappa shape index (κ3) is 3.26. The lowest BCUT2D eigenvalue weighted by molar-refractivity contribution is 0.157. The summed E-state index contributed by atoms with van der Waals surface area (Å²) < 4.78 is 47.8. The number of imidazole rings is 2. The maximum atomic E-state index is 13.8. The molecule has 0 spiro atoms. The van der Waals surface area contributed by atoms with Crippen LogP contribution < -0.4 is 9.25 Å². The van der Waals surface area contributed by atoms with E-state index in [1.165, 1.54) is 12.4 Å². The van der Waals surface area contributed by atoms with Crippen molar-refractivity contribution in [3.63, 3.8) is 0 Å². The number of hydrogen-bond donors (Lipinski definition) is 2. The SMILES string of the molecule is O=P(O)(O)C(F)P(=O)(On1ccnc1)On1ccnc1. The van der Waals surface area contributed by atoms with Crippen LogP contribution in [0.25, 0.3) is 0 Å². The molecule has 0 aliphatic carbocycles.